The molecule has 1 fully saturated rings. The molecule has 0 aliphatic carbocycles. The Bertz CT molecular complexity index is 114. The zero-order chi connectivity index (χ0) is 7.40. The molecule has 2 atom stereocenters. The molecule has 2 heteroatoms. The summed E-state index contributed by atoms with van der Waals surface area (Å²) in [7, 11) is 0. The molecule has 1 aliphatic rings. The van der Waals surface area contributed by atoms with Gasteiger partial charge < -0.3 is 5.11 Å². The van der Waals surface area contributed by atoms with Crippen LogP contribution in [0, 0.1) is 0 Å². The van der Waals surface area contributed by atoms with Crippen molar-refractivity contribution >= 4 is 11.8 Å². The van der Waals surface area contributed by atoms with Crippen molar-refractivity contribution in [1.82, 2.24) is 0 Å². The lowest BCUT2D eigenvalue weighted by Crippen LogP contribution is -2.18. The Morgan fingerprint density at radius 2 is 2.40 bits per heavy atom. The number of hydrogen-bond donors (Lipinski definition) is 1. The second kappa shape index (κ2) is 4.04. The monoisotopic (exact) mass is 158 g/mol. The summed E-state index contributed by atoms with van der Waals surface area (Å²) in [5, 5.41) is 9.91. The predicted octanol–water partition coefficient (Wildman–Crippen LogP) is 1.82. The highest BCUT2D eigenvalue weighted by atomic mass is 32.2. The van der Waals surface area contributed by atoms with Crippen molar-refractivity contribution < 1.29 is 5.11 Å². The minimum absolute atomic E-state index is 0.328. The molecular formula is C8H14OS. The average Bonchev–Trinajstić information content (AvgIpc) is 2.05. The smallest absolute Gasteiger partial charge is 0.0550 e. The third-order valence-corrected chi connectivity index (χ3v) is 3.40. The van der Waals surface area contributed by atoms with E-state index in [1.54, 1.807) is 0 Å². The molecule has 1 rings (SSSR count). The molecule has 0 radical (unpaired) electrons. The van der Waals surface area contributed by atoms with Gasteiger partial charge in [-0.15, -0.1) is 18.3 Å². The van der Waals surface area contributed by atoms with E-state index in [-0.39, 0.29) is 0 Å². The number of aliphatic hydroxyl groups is 1. The predicted molar refractivity (Wildman–Crippen MR) is 46.3 cm³/mol. The summed E-state index contributed by atoms with van der Waals surface area (Å²) >= 11 is 1.86. The largest absolute Gasteiger partial charge is 0.395 e. The van der Waals surface area contributed by atoms with Gasteiger partial charge in [-0.1, -0.05) is 12.5 Å². The first kappa shape index (κ1) is 8.15. The SMILES string of the molecule is C=CC1CCCC(CO)S1. The molecule has 1 N–H and O–H groups in total. The molecule has 0 aromatic rings. The summed E-state index contributed by atoms with van der Waals surface area (Å²) in [6.45, 7) is 4.08. The molecule has 1 heterocycles. The van der Waals surface area contributed by atoms with Crippen molar-refractivity contribution in [3.05, 3.63) is 12.7 Å². The van der Waals surface area contributed by atoms with Crippen LogP contribution in [-0.2, 0) is 0 Å². The molecule has 10 heavy (non-hydrogen) atoms. The van der Waals surface area contributed by atoms with Gasteiger partial charge in [0, 0.05) is 10.5 Å². The van der Waals surface area contributed by atoms with Gasteiger partial charge in [0.15, 0.2) is 0 Å². The van der Waals surface area contributed by atoms with Crippen LogP contribution in [0.2, 0.25) is 0 Å². The van der Waals surface area contributed by atoms with Crippen LogP contribution < -0.4 is 0 Å². The van der Waals surface area contributed by atoms with Crippen molar-refractivity contribution in [3.63, 3.8) is 0 Å². The molecule has 1 nitrogen and oxygen atoms in total. The van der Waals surface area contributed by atoms with Crippen LogP contribution in [-0.4, -0.2) is 22.2 Å². The van der Waals surface area contributed by atoms with Crippen LogP contribution in [0.5, 0.6) is 0 Å². The zero-order valence-electron chi connectivity index (χ0n) is 6.12. The second-order valence-corrected chi connectivity index (χ2v) is 4.19. The van der Waals surface area contributed by atoms with Crippen LogP contribution in [0.3, 0.4) is 0 Å². The molecule has 0 aromatic carbocycles. The van der Waals surface area contributed by atoms with Crippen molar-refractivity contribution in [3.8, 4) is 0 Å². The Morgan fingerprint density at radius 1 is 1.60 bits per heavy atom. The summed E-state index contributed by atoms with van der Waals surface area (Å²) in [5.74, 6) is 0. The number of hydrogen-bond acceptors (Lipinski definition) is 2. The highest BCUT2D eigenvalue weighted by molar-refractivity contribution is 8.00. The van der Waals surface area contributed by atoms with Gasteiger partial charge in [0.25, 0.3) is 0 Å². The summed E-state index contributed by atoms with van der Waals surface area (Å²) in [4.78, 5) is 0. The quantitative estimate of drug-likeness (QED) is 0.619. The topological polar surface area (TPSA) is 20.2 Å². The Hall–Kier alpha value is 0.0500. The molecule has 0 amide bonds. The van der Waals surface area contributed by atoms with E-state index in [0.29, 0.717) is 17.1 Å². The number of thioether (sulfide) groups is 1. The summed E-state index contributed by atoms with van der Waals surface area (Å²) in [5.41, 5.74) is 0. The van der Waals surface area contributed by atoms with E-state index in [0.717, 1.165) is 0 Å². The first-order chi connectivity index (χ1) is 4.86. The summed E-state index contributed by atoms with van der Waals surface area (Å²) in [6, 6.07) is 0. The highest BCUT2D eigenvalue weighted by Gasteiger charge is 2.18. The Balaban J connectivity index is 2.31. The average molecular weight is 158 g/mol. The lowest BCUT2D eigenvalue weighted by molar-refractivity contribution is 0.286. The van der Waals surface area contributed by atoms with Crippen molar-refractivity contribution in [2.45, 2.75) is 29.8 Å². The maximum atomic E-state index is 8.85. The Labute approximate surface area is 66.5 Å². The van der Waals surface area contributed by atoms with Crippen LogP contribution in [0.25, 0.3) is 0 Å². The lowest BCUT2D eigenvalue weighted by atomic mass is 10.1. The van der Waals surface area contributed by atoms with Crippen LogP contribution in [0.1, 0.15) is 19.3 Å². The van der Waals surface area contributed by atoms with Gasteiger partial charge in [0.2, 0.25) is 0 Å². The molecular weight excluding hydrogens is 144 g/mol. The van der Waals surface area contributed by atoms with Gasteiger partial charge in [0.1, 0.15) is 0 Å². The standard InChI is InChI=1S/C8H14OS/c1-2-7-4-3-5-8(6-9)10-7/h2,7-9H,1,3-6H2. The van der Waals surface area contributed by atoms with Crippen molar-refractivity contribution in [1.29, 1.82) is 0 Å². The molecule has 1 aliphatic heterocycles. The Morgan fingerprint density at radius 3 is 3.00 bits per heavy atom. The van der Waals surface area contributed by atoms with E-state index in [2.05, 4.69) is 6.58 Å². The first-order valence-electron chi connectivity index (χ1n) is 3.75. The third kappa shape index (κ3) is 2.03. The molecule has 0 aromatic heterocycles. The van der Waals surface area contributed by atoms with E-state index >= 15 is 0 Å². The number of rotatable bonds is 2. The first-order valence-corrected chi connectivity index (χ1v) is 4.70. The molecule has 1 saturated heterocycles. The zero-order valence-corrected chi connectivity index (χ0v) is 6.94. The van der Waals surface area contributed by atoms with Gasteiger partial charge in [-0.2, -0.15) is 0 Å². The van der Waals surface area contributed by atoms with Crippen LogP contribution >= 0.6 is 11.8 Å². The van der Waals surface area contributed by atoms with Gasteiger partial charge >= 0.3 is 0 Å². The number of aliphatic hydroxyl groups excluding tert-OH is 1. The lowest BCUT2D eigenvalue weighted by Gasteiger charge is -2.24. The third-order valence-electron chi connectivity index (χ3n) is 1.85. The van der Waals surface area contributed by atoms with Crippen molar-refractivity contribution in [2.24, 2.45) is 0 Å². The van der Waals surface area contributed by atoms with E-state index in [9.17, 15) is 0 Å². The van der Waals surface area contributed by atoms with Gasteiger partial charge in [-0.25, -0.2) is 0 Å². The molecule has 58 valence electrons. The maximum Gasteiger partial charge on any atom is 0.0550 e. The van der Waals surface area contributed by atoms with Crippen LogP contribution in [0.15, 0.2) is 12.7 Å². The Kier molecular flexibility index (Phi) is 3.29. The second-order valence-electron chi connectivity index (χ2n) is 2.65. The van der Waals surface area contributed by atoms with E-state index in [4.69, 9.17) is 5.11 Å². The minimum atomic E-state index is 0.328. The summed E-state index contributed by atoms with van der Waals surface area (Å²) < 4.78 is 0. The van der Waals surface area contributed by atoms with Crippen LogP contribution in [0.4, 0.5) is 0 Å². The normalized spacial score (nSPS) is 33.7. The van der Waals surface area contributed by atoms with Crippen molar-refractivity contribution in [2.75, 3.05) is 6.61 Å². The molecule has 2 unspecified atom stereocenters. The molecule has 0 saturated carbocycles. The van der Waals surface area contributed by atoms with Gasteiger partial charge in [-0.3, -0.25) is 0 Å². The molecule has 0 bridgehead atoms. The highest BCUT2D eigenvalue weighted by Crippen LogP contribution is 2.31. The van der Waals surface area contributed by atoms with Gasteiger partial charge in [-0.05, 0) is 12.8 Å². The van der Waals surface area contributed by atoms with E-state index in [1.807, 2.05) is 17.8 Å². The fourth-order valence-electron chi connectivity index (χ4n) is 1.24. The minimum Gasteiger partial charge on any atom is -0.395 e. The van der Waals surface area contributed by atoms with Gasteiger partial charge in [0.05, 0.1) is 6.61 Å². The molecule has 0 spiro atoms. The summed E-state index contributed by atoms with van der Waals surface area (Å²) in [6.07, 6.45) is 5.65. The maximum absolute atomic E-state index is 8.85. The van der Waals surface area contributed by atoms with E-state index < -0.39 is 0 Å². The van der Waals surface area contributed by atoms with E-state index in [1.165, 1.54) is 19.3 Å². The fourth-order valence-corrected chi connectivity index (χ4v) is 2.53. The fraction of sp³-hybridized carbons (Fsp3) is 0.750.